The molecule has 39 heavy (non-hydrogen) atoms. The minimum absolute atomic E-state index is 0.681. The quantitative estimate of drug-likeness (QED) is 0.250. The Labute approximate surface area is 224 Å². The first-order valence-corrected chi connectivity index (χ1v) is 12.8. The number of fused-ring (bicyclic) bond motifs is 6. The summed E-state index contributed by atoms with van der Waals surface area (Å²) in [6.45, 7) is 0.681. The van der Waals surface area contributed by atoms with Gasteiger partial charge in [-0.15, -0.1) is 0 Å². The second-order valence-electron chi connectivity index (χ2n) is 9.50. The second kappa shape index (κ2) is 8.56. The van der Waals surface area contributed by atoms with Gasteiger partial charge in [0.15, 0.2) is 0 Å². The molecule has 0 saturated heterocycles. The third kappa shape index (κ3) is 3.48. The van der Waals surface area contributed by atoms with E-state index in [0.717, 1.165) is 61.9 Å². The summed E-state index contributed by atoms with van der Waals surface area (Å²) in [5.41, 5.74) is 5.36. The standard InChI is InChI=1S/C32H22N6O/c1-2-9-28-26(8-1)32-35-16-17-36(32)21-37(28)22-6-5-7-23(18-22)39-24-11-12-25-27-20-33-15-13-29(27)38(30(25)19-24)31-10-3-4-14-34-31/h1-20H,21H2. The number of aromatic nitrogens is 5. The highest BCUT2D eigenvalue weighted by molar-refractivity contribution is 6.09. The number of anilines is 2. The van der Waals surface area contributed by atoms with Gasteiger partial charge in [0.05, 0.1) is 16.7 Å². The van der Waals surface area contributed by atoms with Crippen molar-refractivity contribution in [2.45, 2.75) is 6.67 Å². The van der Waals surface area contributed by atoms with Crippen molar-refractivity contribution in [3.8, 4) is 28.7 Å². The average Bonchev–Trinajstić information content (AvgIpc) is 3.60. The Kier molecular flexibility index (Phi) is 4.75. The lowest BCUT2D eigenvalue weighted by Crippen LogP contribution is -2.25. The molecule has 4 aromatic heterocycles. The largest absolute Gasteiger partial charge is 0.457 e. The van der Waals surface area contributed by atoms with Gasteiger partial charge in [-0.05, 0) is 54.6 Å². The lowest BCUT2D eigenvalue weighted by atomic mass is 10.1. The number of ether oxygens (including phenoxy) is 1. The number of hydrogen-bond donors (Lipinski definition) is 0. The van der Waals surface area contributed by atoms with E-state index in [2.05, 4.69) is 77.5 Å². The molecule has 0 unspecified atom stereocenters. The first kappa shape index (κ1) is 21.6. The predicted octanol–water partition coefficient (Wildman–Crippen LogP) is 7.34. The molecule has 0 spiro atoms. The molecule has 1 aliphatic heterocycles. The van der Waals surface area contributed by atoms with Crippen molar-refractivity contribution in [1.29, 1.82) is 0 Å². The molecule has 1 aliphatic rings. The molecule has 0 radical (unpaired) electrons. The Balaban J connectivity index is 1.19. The van der Waals surface area contributed by atoms with Gasteiger partial charge < -0.3 is 14.2 Å². The third-order valence-electron chi connectivity index (χ3n) is 7.23. The van der Waals surface area contributed by atoms with Gasteiger partial charge in [0.25, 0.3) is 0 Å². The summed E-state index contributed by atoms with van der Waals surface area (Å²) < 4.78 is 10.8. The van der Waals surface area contributed by atoms with Crippen LogP contribution in [-0.2, 0) is 6.67 Å². The SMILES string of the molecule is c1ccc(-n2c3ccncc3c3ccc(Oc4cccc(N5Cn6ccnc6-c6ccccc65)c4)cc32)nc1. The number of pyridine rings is 2. The van der Waals surface area contributed by atoms with Gasteiger partial charge in [0, 0.05) is 65.1 Å². The van der Waals surface area contributed by atoms with Crippen LogP contribution in [0.1, 0.15) is 0 Å². The highest BCUT2D eigenvalue weighted by atomic mass is 16.5. The molecule has 0 saturated carbocycles. The zero-order chi connectivity index (χ0) is 25.8. The minimum atomic E-state index is 0.681. The van der Waals surface area contributed by atoms with Crippen LogP contribution in [-0.4, -0.2) is 24.1 Å². The molecular weight excluding hydrogens is 484 g/mol. The maximum Gasteiger partial charge on any atom is 0.143 e. The van der Waals surface area contributed by atoms with Crippen LogP contribution in [0.2, 0.25) is 0 Å². The van der Waals surface area contributed by atoms with E-state index in [4.69, 9.17) is 4.74 Å². The number of rotatable bonds is 4. The normalized spacial score (nSPS) is 12.5. The fourth-order valence-electron chi connectivity index (χ4n) is 5.51. The van der Waals surface area contributed by atoms with E-state index in [-0.39, 0.29) is 0 Å². The van der Waals surface area contributed by atoms with Crippen LogP contribution in [0.5, 0.6) is 11.5 Å². The fraction of sp³-hybridized carbons (Fsp3) is 0.0312. The van der Waals surface area contributed by atoms with Crippen LogP contribution in [0.25, 0.3) is 39.0 Å². The van der Waals surface area contributed by atoms with Crippen molar-refractivity contribution >= 4 is 33.2 Å². The molecule has 0 bridgehead atoms. The average molecular weight is 507 g/mol. The summed E-state index contributed by atoms with van der Waals surface area (Å²) in [5.74, 6) is 3.36. The van der Waals surface area contributed by atoms with Gasteiger partial charge in [-0.3, -0.25) is 9.55 Å². The molecule has 3 aromatic carbocycles. The van der Waals surface area contributed by atoms with Crippen LogP contribution < -0.4 is 9.64 Å². The summed E-state index contributed by atoms with van der Waals surface area (Å²) >= 11 is 0. The van der Waals surface area contributed by atoms with Crippen molar-refractivity contribution in [1.82, 2.24) is 24.1 Å². The minimum Gasteiger partial charge on any atom is -0.457 e. The first-order valence-electron chi connectivity index (χ1n) is 12.8. The zero-order valence-corrected chi connectivity index (χ0v) is 20.8. The second-order valence-corrected chi connectivity index (χ2v) is 9.50. The number of benzene rings is 3. The zero-order valence-electron chi connectivity index (χ0n) is 20.8. The summed E-state index contributed by atoms with van der Waals surface area (Å²) in [7, 11) is 0. The van der Waals surface area contributed by atoms with Crippen LogP contribution in [0, 0.1) is 0 Å². The van der Waals surface area contributed by atoms with E-state index in [1.54, 1.807) is 0 Å². The predicted molar refractivity (Wildman–Crippen MR) is 153 cm³/mol. The molecular formula is C32H22N6O. The summed E-state index contributed by atoms with van der Waals surface area (Å²) in [5, 5.41) is 2.18. The molecule has 0 atom stereocenters. The Morgan fingerprint density at radius 3 is 2.56 bits per heavy atom. The number of nitrogens with zero attached hydrogens (tertiary/aromatic N) is 6. The molecule has 0 amide bonds. The maximum absolute atomic E-state index is 6.45. The smallest absolute Gasteiger partial charge is 0.143 e. The summed E-state index contributed by atoms with van der Waals surface area (Å²) in [6, 6.07) is 30.7. The maximum atomic E-state index is 6.45. The van der Waals surface area contributed by atoms with Gasteiger partial charge in [0.1, 0.15) is 29.8 Å². The molecule has 8 rings (SSSR count). The van der Waals surface area contributed by atoms with Crippen molar-refractivity contribution in [3.05, 3.63) is 122 Å². The molecule has 186 valence electrons. The van der Waals surface area contributed by atoms with Crippen molar-refractivity contribution in [3.63, 3.8) is 0 Å². The highest BCUT2D eigenvalue weighted by Crippen LogP contribution is 2.40. The number of imidazole rings is 1. The van der Waals surface area contributed by atoms with Gasteiger partial charge in [-0.2, -0.15) is 0 Å². The van der Waals surface area contributed by atoms with E-state index >= 15 is 0 Å². The lowest BCUT2D eigenvalue weighted by Gasteiger charge is -2.32. The van der Waals surface area contributed by atoms with Crippen LogP contribution in [0.15, 0.2) is 122 Å². The van der Waals surface area contributed by atoms with Gasteiger partial charge in [0.2, 0.25) is 0 Å². The van der Waals surface area contributed by atoms with Crippen molar-refractivity contribution in [2.75, 3.05) is 4.90 Å². The summed E-state index contributed by atoms with van der Waals surface area (Å²) in [4.78, 5) is 15.8. The topological polar surface area (TPSA) is 61.0 Å². The molecule has 5 heterocycles. The van der Waals surface area contributed by atoms with Gasteiger partial charge in [-0.1, -0.05) is 24.3 Å². The third-order valence-corrected chi connectivity index (χ3v) is 7.23. The lowest BCUT2D eigenvalue weighted by molar-refractivity contribution is 0.483. The fourth-order valence-corrected chi connectivity index (χ4v) is 5.51. The Hall–Kier alpha value is -5.43. The van der Waals surface area contributed by atoms with Crippen LogP contribution in [0.4, 0.5) is 11.4 Å². The van der Waals surface area contributed by atoms with Gasteiger partial charge in [-0.25, -0.2) is 9.97 Å². The van der Waals surface area contributed by atoms with E-state index in [0.29, 0.717) is 6.67 Å². The molecule has 7 heteroatoms. The van der Waals surface area contributed by atoms with E-state index in [1.165, 1.54) is 0 Å². The van der Waals surface area contributed by atoms with E-state index in [1.807, 2.05) is 73.4 Å². The molecule has 0 fully saturated rings. The van der Waals surface area contributed by atoms with Crippen LogP contribution >= 0.6 is 0 Å². The number of para-hydroxylation sites is 1. The first-order chi connectivity index (χ1) is 19.3. The number of hydrogen-bond acceptors (Lipinski definition) is 5. The van der Waals surface area contributed by atoms with E-state index in [9.17, 15) is 0 Å². The van der Waals surface area contributed by atoms with Gasteiger partial charge >= 0.3 is 0 Å². The molecule has 0 aliphatic carbocycles. The van der Waals surface area contributed by atoms with Crippen molar-refractivity contribution < 1.29 is 4.74 Å². The Morgan fingerprint density at radius 1 is 0.692 bits per heavy atom. The Bertz CT molecular complexity index is 1990. The summed E-state index contributed by atoms with van der Waals surface area (Å²) in [6.07, 6.45) is 9.40. The molecule has 0 N–H and O–H groups in total. The monoisotopic (exact) mass is 506 g/mol. The Morgan fingerprint density at radius 2 is 1.62 bits per heavy atom. The van der Waals surface area contributed by atoms with Crippen molar-refractivity contribution in [2.24, 2.45) is 0 Å². The van der Waals surface area contributed by atoms with E-state index < -0.39 is 0 Å². The highest BCUT2D eigenvalue weighted by Gasteiger charge is 2.23. The van der Waals surface area contributed by atoms with Crippen LogP contribution in [0.3, 0.4) is 0 Å². The molecule has 7 nitrogen and oxygen atoms in total. The molecule has 7 aromatic rings.